The van der Waals surface area contributed by atoms with E-state index in [0.717, 1.165) is 43.7 Å². The Balaban J connectivity index is 1.50. The number of carbonyl (C=O) groups excluding carboxylic acids is 1. The van der Waals surface area contributed by atoms with Crippen LogP contribution in [-0.4, -0.2) is 18.6 Å². The van der Waals surface area contributed by atoms with Crippen molar-refractivity contribution in [2.24, 2.45) is 0 Å². The molecular formula is C22H25NO2. The number of carbonyl (C=O) groups is 1. The van der Waals surface area contributed by atoms with Gasteiger partial charge >= 0.3 is 0 Å². The normalized spacial score (nSPS) is 17.4. The van der Waals surface area contributed by atoms with Crippen molar-refractivity contribution >= 4 is 11.6 Å². The molecule has 1 aliphatic carbocycles. The maximum absolute atomic E-state index is 13.0. The predicted molar refractivity (Wildman–Crippen MR) is 100 cm³/mol. The van der Waals surface area contributed by atoms with E-state index < -0.39 is 6.10 Å². The zero-order chi connectivity index (χ0) is 17.2. The predicted octanol–water partition coefficient (Wildman–Crippen LogP) is 4.31. The molecule has 1 aliphatic heterocycles. The molecule has 3 nitrogen and oxygen atoms in total. The molecule has 0 fully saturated rings. The lowest BCUT2D eigenvalue weighted by Gasteiger charge is -2.31. The molecule has 0 spiro atoms. The van der Waals surface area contributed by atoms with E-state index in [9.17, 15) is 4.79 Å². The van der Waals surface area contributed by atoms with Crippen LogP contribution in [0.4, 0.5) is 5.69 Å². The second-order valence-corrected chi connectivity index (χ2v) is 7.12. The Kier molecular flexibility index (Phi) is 4.48. The van der Waals surface area contributed by atoms with Gasteiger partial charge in [-0.1, -0.05) is 24.3 Å². The highest BCUT2D eigenvalue weighted by Gasteiger charge is 2.27. The summed E-state index contributed by atoms with van der Waals surface area (Å²) in [5.41, 5.74) is 5.11. The topological polar surface area (TPSA) is 29.5 Å². The standard InChI is InChI=1S/C22H25NO2/c1-16(25-20-13-12-17-7-2-3-9-19(17)15-20)22(24)23-14-6-10-18-8-4-5-11-21(18)23/h4-5,8,11-13,15-16H,2-3,6-7,9-10,14H2,1H3/t16-/m0/s1. The van der Waals surface area contributed by atoms with E-state index in [1.807, 2.05) is 36.1 Å². The molecule has 1 heterocycles. The fraction of sp³-hybridized carbons (Fsp3) is 0.409. The molecule has 0 saturated carbocycles. The number of anilines is 1. The van der Waals surface area contributed by atoms with Gasteiger partial charge in [0.1, 0.15) is 5.75 Å². The van der Waals surface area contributed by atoms with Crippen molar-refractivity contribution in [3.63, 3.8) is 0 Å². The summed E-state index contributed by atoms with van der Waals surface area (Å²) in [6.07, 6.45) is 6.37. The third-order valence-electron chi connectivity index (χ3n) is 5.36. The Morgan fingerprint density at radius 2 is 1.72 bits per heavy atom. The van der Waals surface area contributed by atoms with E-state index in [1.165, 1.54) is 29.5 Å². The Bertz CT molecular complexity index is 783. The second kappa shape index (κ2) is 6.91. The van der Waals surface area contributed by atoms with Crippen molar-refractivity contribution in [1.82, 2.24) is 0 Å². The van der Waals surface area contributed by atoms with Crippen LogP contribution in [0.25, 0.3) is 0 Å². The maximum Gasteiger partial charge on any atom is 0.267 e. The molecule has 130 valence electrons. The number of benzene rings is 2. The molecule has 1 atom stereocenters. The summed E-state index contributed by atoms with van der Waals surface area (Å²) in [6, 6.07) is 14.5. The van der Waals surface area contributed by atoms with Crippen molar-refractivity contribution in [1.29, 1.82) is 0 Å². The summed E-state index contributed by atoms with van der Waals surface area (Å²) in [6.45, 7) is 2.63. The molecule has 4 rings (SSSR count). The number of hydrogen-bond acceptors (Lipinski definition) is 2. The SMILES string of the molecule is C[C@H](Oc1ccc2c(c1)CCCC2)C(=O)N1CCCc2ccccc21. The van der Waals surface area contributed by atoms with Crippen molar-refractivity contribution in [3.05, 3.63) is 59.2 Å². The fourth-order valence-corrected chi connectivity index (χ4v) is 4.02. The van der Waals surface area contributed by atoms with Gasteiger partial charge in [0, 0.05) is 12.2 Å². The molecule has 0 aromatic heterocycles. The van der Waals surface area contributed by atoms with E-state index in [4.69, 9.17) is 4.74 Å². The first-order valence-electron chi connectivity index (χ1n) is 9.40. The molecule has 0 N–H and O–H groups in total. The van der Waals surface area contributed by atoms with Crippen molar-refractivity contribution in [2.45, 2.75) is 51.6 Å². The van der Waals surface area contributed by atoms with Gasteiger partial charge in [0.25, 0.3) is 5.91 Å². The van der Waals surface area contributed by atoms with E-state index in [1.54, 1.807) is 0 Å². The van der Waals surface area contributed by atoms with Gasteiger partial charge in [0.15, 0.2) is 6.10 Å². The number of nitrogens with zero attached hydrogens (tertiary/aromatic N) is 1. The monoisotopic (exact) mass is 335 g/mol. The molecule has 2 aliphatic rings. The highest BCUT2D eigenvalue weighted by molar-refractivity contribution is 5.97. The quantitative estimate of drug-likeness (QED) is 0.836. The molecule has 0 unspecified atom stereocenters. The Morgan fingerprint density at radius 3 is 2.60 bits per heavy atom. The van der Waals surface area contributed by atoms with Crippen molar-refractivity contribution in [2.75, 3.05) is 11.4 Å². The molecule has 25 heavy (non-hydrogen) atoms. The molecule has 0 saturated heterocycles. The van der Waals surface area contributed by atoms with E-state index in [0.29, 0.717) is 0 Å². The van der Waals surface area contributed by atoms with Crippen LogP contribution < -0.4 is 9.64 Å². The van der Waals surface area contributed by atoms with Crippen LogP contribution in [0.15, 0.2) is 42.5 Å². The third kappa shape index (κ3) is 3.28. The van der Waals surface area contributed by atoms with Crippen LogP contribution in [0.5, 0.6) is 5.75 Å². The number of aryl methyl sites for hydroxylation is 3. The largest absolute Gasteiger partial charge is 0.481 e. The fourth-order valence-electron chi connectivity index (χ4n) is 4.02. The number of fused-ring (bicyclic) bond motifs is 2. The summed E-state index contributed by atoms with van der Waals surface area (Å²) in [5.74, 6) is 0.858. The highest BCUT2D eigenvalue weighted by atomic mass is 16.5. The van der Waals surface area contributed by atoms with Crippen LogP contribution in [0.3, 0.4) is 0 Å². The van der Waals surface area contributed by atoms with Gasteiger partial charge in [-0.2, -0.15) is 0 Å². The average Bonchev–Trinajstić information content (AvgIpc) is 2.67. The maximum atomic E-state index is 13.0. The summed E-state index contributed by atoms with van der Waals surface area (Å²) < 4.78 is 6.02. The van der Waals surface area contributed by atoms with Gasteiger partial charge in [-0.05, 0) is 80.3 Å². The first-order chi connectivity index (χ1) is 12.2. The van der Waals surface area contributed by atoms with Gasteiger partial charge in [0.05, 0.1) is 0 Å². The Hall–Kier alpha value is -2.29. The van der Waals surface area contributed by atoms with Crippen LogP contribution >= 0.6 is 0 Å². The minimum absolute atomic E-state index is 0.0462. The number of ether oxygens (including phenoxy) is 1. The van der Waals surface area contributed by atoms with E-state index >= 15 is 0 Å². The highest BCUT2D eigenvalue weighted by Crippen LogP contribution is 2.29. The first kappa shape index (κ1) is 16.2. The number of rotatable bonds is 3. The molecule has 3 heteroatoms. The van der Waals surface area contributed by atoms with Gasteiger partial charge in [-0.25, -0.2) is 0 Å². The zero-order valence-electron chi connectivity index (χ0n) is 14.8. The van der Waals surface area contributed by atoms with E-state index in [-0.39, 0.29) is 5.91 Å². The Morgan fingerprint density at radius 1 is 0.960 bits per heavy atom. The van der Waals surface area contributed by atoms with Crippen molar-refractivity contribution in [3.8, 4) is 5.75 Å². The van der Waals surface area contributed by atoms with Gasteiger partial charge < -0.3 is 9.64 Å². The van der Waals surface area contributed by atoms with Crippen LogP contribution in [-0.2, 0) is 24.1 Å². The molecule has 0 bridgehead atoms. The molecule has 2 aromatic rings. The minimum atomic E-state index is -0.479. The smallest absolute Gasteiger partial charge is 0.267 e. The second-order valence-electron chi connectivity index (χ2n) is 7.12. The molecule has 0 radical (unpaired) electrons. The van der Waals surface area contributed by atoms with E-state index in [2.05, 4.69) is 18.2 Å². The summed E-state index contributed by atoms with van der Waals surface area (Å²) in [7, 11) is 0. The van der Waals surface area contributed by atoms with Crippen molar-refractivity contribution < 1.29 is 9.53 Å². The molecular weight excluding hydrogens is 310 g/mol. The lowest BCUT2D eigenvalue weighted by Crippen LogP contribution is -2.43. The number of para-hydroxylation sites is 1. The van der Waals surface area contributed by atoms with Crippen LogP contribution in [0.1, 0.15) is 42.9 Å². The lowest BCUT2D eigenvalue weighted by atomic mass is 9.92. The first-order valence-corrected chi connectivity index (χ1v) is 9.40. The minimum Gasteiger partial charge on any atom is -0.481 e. The van der Waals surface area contributed by atoms with Gasteiger partial charge in [-0.3, -0.25) is 4.79 Å². The van der Waals surface area contributed by atoms with Crippen LogP contribution in [0.2, 0.25) is 0 Å². The summed E-state index contributed by atoms with van der Waals surface area (Å²) in [4.78, 5) is 14.8. The molecule has 2 aromatic carbocycles. The average molecular weight is 335 g/mol. The number of amides is 1. The third-order valence-corrected chi connectivity index (χ3v) is 5.36. The van der Waals surface area contributed by atoms with Crippen LogP contribution in [0, 0.1) is 0 Å². The van der Waals surface area contributed by atoms with Gasteiger partial charge in [-0.15, -0.1) is 0 Å². The lowest BCUT2D eigenvalue weighted by molar-refractivity contribution is -0.124. The number of hydrogen-bond donors (Lipinski definition) is 0. The Labute approximate surface area is 149 Å². The molecule has 1 amide bonds. The zero-order valence-corrected chi connectivity index (χ0v) is 14.8. The van der Waals surface area contributed by atoms with Gasteiger partial charge in [0.2, 0.25) is 0 Å². The summed E-state index contributed by atoms with van der Waals surface area (Å²) >= 11 is 0. The summed E-state index contributed by atoms with van der Waals surface area (Å²) in [5, 5.41) is 0.